The highest BCUT2D eigenvalue weighted by atomic mass is 32.2. The third-order valence-corrected chi connectivity index (χ3v) is 3.85. The quantitative estimate of drug-likeness (QED) is 0.764. The van der Waals surface area contributed by atoms with Crippen molar-refractivity contribution in [2.75, 3.05) is 5.75 Å². The van der Waals surface area contributed by atoms with E-state index < -0.39 is 5.97 Å². The second-order valence-corrected chi connectivity index (χ2v) is 5.53. The Bertz CT molecular complexity index is 172. The third-order valence-electron chi connectivity index (χ3n) is 2.58. The molecule has 0 aliphatic heterocycles. The molecule has 0 aromatic carbocycles. The zero-order chi connectivity index (χ0) is 9.84. The van der Waals surface area contributed by atoms with Gasteiger partial charge in [-0.15, -0.1) is 11.8 Å². The SMILES string of the molecule is CC1CC(C)CC(SCC(=O)O)C1. The second-order valence-electron chi connectivity index (χ2n) is 4.24. The number of hydrogen-bond acceptors (Lipinski definition) is 2. The van der Waals surface area contributed by atoms with Crippen molar-refractivity contribution in [3.8, 4) is 0 Å². The highest BCUT2D eigenvalue weighted by molar-refractivity contribution is 8.00. The molecule has 1 N–H and O–H groups in total. The average molecular weight is 202 g/mol. The van der Waals surface area contributed by atoms with Gasteiger partial charge in [-0.3, -0.25) is 4.79 Å². The lowest BCUT2D eigenvalue weighted by molar-refractivity contribution is -0.133. The summed E-state index contributed by atoms with van der Waals surface area (Å²) in [6.07, 6.45) is 3.70. The molecule has 0 radical (unpaired) electrons. The predicted octanol–water partition coefficient (Wildman–Crippen LogP) is 2.63. The van der Waals surface area contributed by atoms with Crippen LogP contribution in [0.5, 0.6) is 0 Å². The lowest BCUT2D eigenvalue weighted by Crippen LogP contribution is -2.22. The molecule has 3 heteroatoms. The number of thioether (sulfide) groups is 1. The van der Waals surface area contributed by atoms with E-state index in [2.05, 4.69) is 13.8 Å². The van der Waals surface area contributed by atoms with Crippen LogP contribution < -0.4 is 0 Å². The van der Waals surface area contributed by atoms with Gasteiger partial charge in [0.05, 0.1) is 5.75 Å². The van der Waals surface area contributed by atoms with Crippen molar-refractivity contribution in [2.45, 2.75) is 38.4 Å². The van der Waals surface area contributed by atoms with Gasteiger partial charge in [-0.25, -0.2) is 0 Å². The zero-order valence-corrected chi connectivity index (χ0v) is 9.14. The first kappa shape index (κ1) is 10.9. The van der Waals surface area contributed by atoms with Gasteiger partial charge in [-0.1, -0.05) is 13.8 Å². The summed E-state index contributed by atoms with van der Waals surface area (Å²) in [6, 6.07) is 0. The van der Waals surface area contributed by atoms with E-state index in [9.17, 15) is 4.79 Å². The summed E-state index contributed by atoms with van der Waals surface area (Å²) in [4.78, 5) is 10.4. The Morgan fingerprint density at radius 2 is 1.85 bits per heavy atom. The Balaban J connectivity index is 2.28. The van der Waals surface area contributed by atoms with Gasteiger partial charge >= 0.3 is 5.97 Å². The standard InChI is InChI=1S/C10H18O2S/c1-7-3-8(2)5-9(4-7)13-6-10(11)12/h7-9H,3-6H2,1-2H3,(H,11,12). The van der Waals surface area contributed by atoms with Crippen molar-refractivity contribution < 1.29 is 9.90 Å². The Kier molecular flexibility index (Phi) is 4.10. The number of carboxylic acid groups (broad SMARTS) is 1. The molecule has 2 unspecified atom stereocenters. The number of aliphatic carboxylic acids is 1. The summed E-state index contributed by atoms with van der Waals surface area (Å²) in [5.74, 6) is 1.13. The maximum absolute atomic E-state index is 10.4. The van der Waals surface area contributed by atoms with Gasteiger partial charge in [0.2, 0.25) is 0 Å². The van der Waals surface area contributed by atoms with Crippen molar-refractivity contribution in [3.05, 3.63) is 0 Å². The smallest absolute Gasteiger partial charge is 0.313 e. The van der Waals surface area contributed by atoms with Crippen LogP contribution >= 0.6 is 11.8 Å². The molecular weight excluding hydrogens is 184 g/mol. The Labute approximate surface area is 84.1 Å². The maximum atomic E-state index is 10.4. The molecule has 1 aliphatic carbocycles. The molecule has 1 fully saturated rings. The molecule has 0 aromatic rings. The minimum absolute atomic E-state index is 0.268. The number of rotatable bonds is 3. The van der Waals surface area contributed by atoms with Crippen LogP contribution in [0, 0.1) is 11.8 Å². The summed E-state index contributed by atoms with van der Waals surface area (Å²) in [7, 11) is 0. The summed E-state index contributed by atoms with van der Waals surface area (Å²) in [6.45, 7) is 4.54. The maximum Gasteiger partial charge on any atom is 0.313 e. The Hall–Kier alpha value is -0.180. The van der Waals surface area contributed by atoms with E-state index in [1.54, 1.807) is 11.8 Å². The first-order valence-electron chi connectivity index (χ1n) is 4.91. The predicted molar refractivity (Wildman–Crippen MR) is 56.1 cm³/mol. The van der Waals surface area contributed by atoms with Crippen LogP contribution in [-0.2, 0) is 4.79 Å². The van der Waals surface area contributed by atoms with Crippen LogP contribution in [0.2, 0.25) is 0 Å². The van der Waals surface area contributed by atoms with Crippen LogP contribution in [0.25, 0.3) is 0 Å². The summed E-state index contributed by atoms with van der Waals surface area (Å²) < 4.78 is 0. The second kappa shape index (κ2) is 4.89. The van der Waals surface area contributed by atoms with Crippen LogP contribution in [0.15, 0.2) is 0 Å². The molecule has 0 bridgehead atoms. The van der Waals surface area contributed by atoms with Crippen LogP contribution in [0.1, 0.15) is 33.1 Å². The zero-order valence-electron chi connectivity index (χ0n) is 8.32. The summed E-state index contributed by atoms with van der Waals surface area (Å²) in [5, 5.41) is 9.13. The van der Waals surface area contributed by atoms with Gasteiger partial charge in [0, 0.05) is 5.25 Å². The molecule has 1 rings (SSSR count). The molecule has 13 heavy (non-hydrogen) atoms. The first-order valence-corrected chi connectivity index (χ1v) is 5.96. The van der Waals surface area contributed by atoms with Gasteiger partial charge in [-0.2, -0.15) is 0 Å². The topological polar surface area (TPSA) is 37.3 Å². The molecule has 1 saturated carbocycles. The first-order chi connectivity index (χ1) is 6.08. The minimum Gasteiger partial charge on any atom is -0.481 e. The fourth-order valence-electron chi connectivity index (χ4n) is 2.20. The summed E-state index contributed by atoms with van der Waals surface area (Å²) >= 11 is 1.61. The highest BCUT2D eigenvalue weighted by Crippen LogP contribution is 2.35. The molecule has 0 spiro atoms. The average Bonchev–Trinajstić information content (AvgIpc) is 1.99. The third kappa shape index (κ3) is 4.03. The van der Waals surface area contributed by atoms with Crippen molar-refractivity contribution in [2.24, 2.45) is 11.8 Å². The van der Waals surface area contributed by atoms with E-state index >= 15 is 0 Å². The number of carboxylic acids is 1. The van der Waals surface area contributed by atoms with Gasteiger partial charge in [0.25, 0.3) is 0 Å². The normalized spacial score (nSPS) is 34.5. The molecule has 0 saturated heterocycles. The van der Waals surface area contributed by atoms with Crippen molar-refractivity contribution >= 4 is 17.7 Å². The van der Waals surface area contributed by atoms with Gasteiger partial charge in [0.15, 0.2) is 0 Å². The monoisotopic (exact) mass is 202 g/mol. The van der Waals surface area contributed by atoms with E-state index in [0.29, 0.717) is 5.25 Å². The van der Waals surface area contributed by atoms with E-state index in [-0.39, 0.29) is 5.75 Å². The molecule has 2 atom stereocenters. The van der Waals surface area contributed by atoms with Crippen LogP contribution in [0.4, 0.5) is 0 Å². The van der Waals surface area contributed by atoms with Crippen molar-refractivity contribution in [3.63, 3.8) is 0 Å². The van der Waals surface area contributed by atoms with E-state index in [4.69, 9.17) is 5.11 Å². The molecular formula is C10H18O2S. The molecule has 1 aliphatic rings. The van der Waals surface area contributed by atoms with Gasteiger partial charge in [-0.05, 0) is 31.1 Å². The van der Waals surface area contributed by atoms with E-state index in [1.165, 1.54) is 19.3 Å². The van der Waals surface area contributed by atoms with Crippen LogP contribution in [-0.4, -0.2) is 22.1 Å². The molecule has 2 nitrogen and oxygen atoms in total. The van der Waals surface area contributed by atoms with Crippen molar-refractivity contribution in [1.82, 2.24) is 0 Å². The largest absolute Gasteiger partial charge is 0.481 e. The molecule has 0 amide bonds. The van der Waals surface area contributed by atoms with Crippen LogP contribution in [0.3, 0.4) is 0 Å². The molecule has 76 valence electrons. The lowest BCUT2D eigenvalue weighted by Gasteiger charge is -2.30. The summed E-state index contributed by atoms with van der Waals surface area (Å²) in [5.41, 5.74) is 0. The number of hydrogen-bond donors (Lipinski definition) is 1. The lowest BCUT2D eigenvalue weighted by atomic mass is 9.83. The molecule has 0 heterocycles. The minimum atomic E-state index is -0.684. The fraction of sp³-hybridized carbons (Fsp3) is 0.900. The highest BCUT2D eigenvalue weighted by Gasteiger charge is 2.24. The van der Waals surface area contributed by atoms with Gasteiger partial charge in [0.1, 0.15) is 0 Å². The Morgan fingerprint density at radius 3 is 2.31 bits per heavy atom. The fourth-order valence-corrected chi connectivity index (χ4v) is 3.51. The Morgan fingerprint density at radius 1 is 1.31 bits per heavy atom. The van der Waals surface area contributed by atoms with Gasteiger partial charge < -0.3 is 5.11 Å². The van der Waals surface area contributed by atoms with E-state index in [0.717, 1.165) is 11.8 Å². The van der Waals surface area contributed by atoms with E-state index in [1.807, 2.05) is 0 Å². The number of carbonyl (C=O) groups is 1. The molecule has 0 aromatic heterocycles. The van der Waals surface area contributed by atoms with Crippen molar-refractivity contribution in [1.29, 1.82) is 0 Å².